The van der Waals surface area contributed by atoms with Gasteiger partial charge in [-0.15, -0.1) is 0 Å². The molecule has 0 amide bonds. The molecular weight excluding hydrogens is 230 g/mol. The molecule has 0 saturated heterocycles. The molecule has 0 aliphatic rings. The van der Waals surface area contributed by atoms with Gasteiger partial charge in [0.1, 0.15) is 0 Å². The zero-order valence-corrected chi connectivity index (χ0v) is 10.3. The number of hydrogen-bond acceptors (Lipinski definition) is 2. The summed E-state index contributed by atoms with van der Waals surface area (Å²) in [5, 5.41) is 6.68. The fourth-order valence-corrected chi connectivity index (χ4v) is 1.66. The molecule has 0 aliphatic heterocycles. The van der Waals surface area contributed by atoms with E-state index in [-0.39, 0.29) is 5.11 Å². The van der Waals surface area contributed by atoms with Crippen LogP contribution in [0.15, 0.2) is 47.6 Å². The van der Waals surface area contributed by atoms with Gasteiger partial charge < -0.3 is 5.73 Å². The lowest BCUT2D eigenvalue weighted by atomic mass is 10.0. The van der Waals surface area contributed by atoms with E-state index in [0.29, 0.717) is 0 Å². The van der Waals surface area contributed by atoms with Crippen LogP contribution in [0.4, 0.5) is 0 Å². The molecule has 3 N–H and O–H groups in total. The van der Waals surface area contributed by atoms with Crippen molar-refractivity contribution in [2.45, 2.75) is 6.92 Å². The van der Waals surface area contributed by atoms with Crippen LogP contribution in [0.5, 0.6) is 0 Å². The van der Waals surface area contributed by atoms with E-state index in [2.05, 4.69) is 34.8 Å². The summed E-state index contributed by atoms with van der Waals surface area (Å²) in [6.07, 6.45) is 0. The summed E-state index contributed by atoms with van der Waals surface area (Å²) in [5.74, 6) is 0. The van der Waals surface area contributed by atoms with Gasteiger partial charge >= 0.3 is 0 Å². The Hall–Kier alpha value is -1.94. The summed E-state index contributed by atoms with van der Waals surface area (Å²) >= 11 is 4.70. The molecule has 0 saturated carbocycles. The highest BCUT2D eigenvalue weighted by atomic mass is 32.1. The van der Waals surface area contributed by atoms with E-state index in [1.54, 1.807) is 0 Å². The average Bonchev–Trinajstić information content (AvgIpc) is 2.35. The molecule has 0 fully saturated rings. The van der Waals surface area contributed by atoms with Gasteiger partial charge in [-0.1, -0.05) is 36.4 Å². The van der Waals surface area contributed by atoms with E-state index >= 15 is 0 Å². The maximum absolute atomic E-state index is 5.32. The Morgan fingerprint density at radius 1 is 1.18 bits per heavy atom. The third kappa shape index (κ3) is 2.79. The van der Waals surface area contributed by atoms with Crippen molar-refractivity contribution in [3.8, 4) is 0 Å². The number of fused-ring (bicyclic) bond motifs is 1. The normalized spacial score (nSPS) is 11.5. The molecule has 0 bridgehead atoms. The Morgan fingerprint density at radius 2 is 1.88 bits per heavy atom. The Balaban J connectivity index is 2.36. The van der Waals surface area contributed by atoms with E-state index in [9.17, 15) is 0 Å². The second-order valence-electron chi connectivity index (χ2n) is 3.74. The molecule has 86 valence electrons. The Morgan fingerprint density at radius 3 is 2.59 bits per heavy atom. The van der Waals surface area contributed by atoms with Crippen LogP contribution in [0.25, 0.3) is 10.8 Å². The second kappa shape index (κ2) is 4.93. The lowest BCUT2D eigenvalue weighted by Crippen LogP contribution is -2.25. The van der Waals surface area contributed by atoms with Crippen LogP contribution < -0.4 is 11.2 Å². The standard InChI is InChI=1S/C13H13N3S/c1-9(15-16-13(14)17)11-7-6-10-4-2-3-5-12(10)8-11/h2-8H,1H3,(H3,14,16,17)/b15-9-. The Kier molecular flexibility index (Phi) is 3.35. The number of benzene rings is 2. The van der Waals surface area contributed by atoms with Crippen molar-refractivity contribution in [2.75, 3.05) is 0 Å². The van der Waals surface area contributed by atoms with E-state index in [1.165, 1.54) is 10.8 Å². The van der Waals surface area contributed by atoms with Crippen LogP contribution >= 0.6 is 12.2 Å². The van der Waals surface area contributed by atoms with Gasteiger partial charge in [-0.3, -0.25) is 5.43 Å². The SMILES string of the molecule is C/C(=N/NC(N)=S)c1ccc2ccccc2c1. The fraction of sp³-hybridized carbons (Fsp3) is 0.0769. The van der Waals surface area contributed by atoms with Gasteiger partial charge in [0.15, 0.2) is 5.11 Å². The van der Waals surface area contributed by atoms with Gasteiger partial charge in [0.2, 0.25) is 0 Å². The first-order valence-electron chi connectivity index (χ1n) is 5.26. The van der Waals surface area contributed by atoms with Crippen molar-refractivity contribution in [1.29, 1.82) is 0 Å². The van der Waals surface area contributed by atoms with E-state index in [1.807, 2.05) is 25.1 Å². The molecule has 0 unspecified atom stereocenters. The lowest BCUT2D eigenvalue weighted by molar-refractivity contribution is 1.03. The third-order valence-electron chi connectivity index (χ3n) is 2.50. The minimum Gasteiger partial charge on any atom is -0.375 e. The van der Waals surface area contributed by atoms with Crippen LogP contribution in [-0.2, 0) is 0 Å². The zero-order chi connectivity index (χ0) is 12.3. The molecule has 3 nitrogen and oxygen atoms in total. The smallest absolute Gasteiger partial charge is 0.184 e. The summed E-state index contributed by atoms with van der Waals surface area (Å²) in [5.41, 5.74) is 9.81. The molecule has 2 rings (SSSR count). The monoisotopic (exact) mass is 243 g/mol. The molecule has 4 heteroatoms. The summed E-state index contributed by atoms with van der Waals surface area (Å²) in [6.45, 7) is 1.91. The number of thiocarbonyl (C=S) groups is 1. The molecule has 0 atom stereocenters. The van der Waals surface area contributed by atoms with Gasteiger partial charge in [0.25, 0.3) is 0 Å². The first-order chi connectivity index (χ1) is 8.16. The summed E-state index contributed by atoms with van der Waals surface area (Å²) < 4.78 is 0. The van der Waals surface area contributed by atoms with Crippen LogP contribution in [0.3, 0.4) is 0 Å². The topological polar surface area (TPSA) is 50.4 Å². The summed E-state index contributed by atoms with van der Waals surface area (Å²) in [6, 6.07) is 14.4. The average molecular weight is 243 g/mol. The highest BCUT2D eigenvalue weighted by molar-refractivity contribution is 7.80. The van der Waals surface area contributed by atoms with E-state index < -0.39 is 0 Å². The van der Waals surface area contributed by atoms with Crippen molar-refractivity contribution in [1.82, 2.24) is 5.43 Å². The zero-order valence-electron chi connectivity index (χ0n) is 9.47. The fourth-order valence-electron chi connectivity index (χ4n) is 1.62. The van der Waals surface area contributed by atoms with Gasteiger partial charge in [-0.2, -0.15) is 5.10 Å². The van der Waals surface area contributed by atoms with Crippen molar-refractivity contribution < 1.29 is 0 Å². The van der Waals surface area contributed by atoms with Crippen molar-refractivity contribution >= 4 is 33.8 Å². The number of nitrogens with one attached hydrogen (secondary N) is 1. The van der Waals surface area contributed by atoms with Crippen molar-refractivity contribution in [3.63, 3.8) is 0 Å². The summed E-state index contributed by atoms with van der Waals surface area (Å²) in [4.78, 5) is 0. The van der Waals surface area contributed by atoms with Crippen LogP contribution in [0.2, 0.25) is 0 Å². The number of hydrogen-bond donors (Lipinski definition) is 2. The second-order valence-corrected chi connectivity index (χ2v) is 4.18. The predicted octanol–water partition coefficient (Wildman–Crippen LogP) is 2.40. The van der Waals surface area contributed by atoms with E-state index in [0.717, 1.165) is 11.3 Å². The third-order valence-corrected chi connectivity index (χ3v) is 2.59. The maximum Gasteiger partial charge on any atom is 0.184 e. The van der Waals surface area contributed by atoms with Crippen LogP contribution in [0, 0.1) is 0 Å². The van der Waals surface area contributed by atoms with Gasteiger partial charge in [0, 0.05) is 0 Å². The lowest BCUT2D eigenvalue weighted by Gasteiger charge is -2.04. The molecule has 2 aromatic rings. The maximum atomic E-state index is 5.32. The Labute approximate surface area is 105 Å². The van der Waals surface area contributed by atoms with Crippen molar-refractivity contribution in [3.05, 3.63) is 48.0 Å². The molecule has 0 heterocycles. The van der Waals surface area contributed by atoms with E-state index in [4.69, 9.17) is 18.0 Å². The Bertz CT molecular complexity index is 590. The first kappa shape index (κ1) is 11.5. The molecule has 17 heavy (non-hydrogen) atoms. The van der Waals surface area contributed by atoms with Crippen molar-refractivity contribution in [2.24, 2.45) is 10.8 Å². The first-order valence-corrected chi connectivity index (χ1v) is 5.66. The molecule has 0 radical (unpaired) electrons. The molecule has 2 aromatic carbocycles. The highest BCUT2D eigenvalue weighted by Crippen LogP contribution is 2.15. The molecule has 0 spiro atoms. The van der Waals surface area contributed by atoms with Gasteiger partial charge in [-0.25, -0.2) is 0 Å². The number of nitrogens with two attached hydrogens (primary N) is 1. The highest BCUT2D eigenvalue weighted by Gasteiger charge is 1.99. The molecule has 0 aliphatic carbocycles. The molecule has 0 aromatic heterocycles. The van der Waals surface area contributed by atoms with Gasteiger partial charge in [-0.05, 0) is 41.5 Å². The predicted molar refractivity (Wildman–Crippen MR) is 76.1 cm³/mol. The van der Waals surface area contributed by atoms with Crippen LogP contribution in [-0.4, -0.2) is 10.8 Å². The minimum atomic E-state index is 0.171. The summed E-state index contributed by atoms with van der Waals surface area (Å²) in [7, 11) is 0. The van der Waals surface area contributed by atoms with Crippen LogP contribution in [0.1, 0.15) is 12.5 Å². The van der Waals surface area contributed by atoms with Gasteiger partial charge in [0.05, 0.1) is 5.71 Å². The quantitative estimate of drug-likeness (QED) is 0.484. The number of hydrazone groups is 1. The number of nitrogens with zero attached hydrogens (tertiary/aromatic N) is 1. The minimum absolute atomic E-state index is 0.171. The largest absolute Gasteiger partial charge is 0.375 e. The number of rotatable bonds is 2. The molecular formula is C13H13N3S.